The molecule has 132 valence electrons. The molecule has 2 heterocycles. The van der Waals surface area contributed by atoms with Crippen molar-refractivity contribution in [3.63, 3.8) is 0 Å². The number of hydrogen-bond acceptors (Lipinski definition) is 4. The van der Waals surface area contributed by atoms with Crippen LogP contribution >= 0.6 is 0 Å². The number of halogens is 1. The second-order valence-corrected chi connectivity index (χ2v) is 7.05. The second-order valence-electron chi connectivity index (χ2n) is 7.05. The molecule has 5 rings (SSSR count). The summed E-state index contributed by atoms with van der Waals surface area (Å²) >= 11 is 0. The molecule has 0 unspecified atom stereocenters. The normalized spacial score (nSPS) is 27.6. The molecule has 1 aliphatic carbocycles. The van der Waals surface area contributed by atoms with Gasteiger partial charge in [-0.05, 0) is 36.0 Å². The van der Waals surface area contributed by atoms with E-state index in [0.29, 0.717) is 18.4 Å². The van der Waals surface area contributed by atoms with Crippen LogP contribution in [0.2, 0.25) is 0 Å². The molecule has 2 aliphatic rings. The molecule has 1 aliphatic heterocycles. The standard InChI is InChI=1S/C21H19FN2O2/c22-18-9-5-4-8-14(18)16-12-17(16)21-24-23-20(26-21)15-10-11-25-19(15)13-6-2-1-3-7-13/h1-9,15-17,19H,10-12H2/t15-,16-,17+,19+/m0/s1. The molecular formula is C21H19FN2O2. The predicted octanol–water partition coefficient (Wildman–Crippen LogP) is 4.73. The van der Waals surface area contributed by atoms with Gasteiger partial charge in [0.1, 0.15) is 5.82 Å². The molecule has 1 aromatic heterocycles. The van der Waals surface area contributed by atoms with Crippen LogP contribution in [0.3, 0.4) is 0 Å². The van der Waals surface area contributed by atoms with Crippen molar-refractivity contribution in [3.05, 3.63) is 83.3 Å². The van der Waals surface area contributed by atoms with Crippen molar-refractivity contribution in [2.75, 3.05) is 6.61 Å². The molecule has 0 spiro atoms. The van der Waals surface area contributed by atoms with E-state index in [1.165, 1.54) is 6.07 Å². The number of ether oxygens (including phenoxy) is 1. The summed E-state index contributed by atoms with van der Waals surface area (Å²) in [7, 11) is 0. The van der Waals surface area contributed by atoms with E-state index in [9.17, 15) is 4.39 Å². The van der Waals surface area contributed by atoms with Gasteiger partial charge in [0.15, 0.2) is 0 Å². The molecule has 0 N–H and O–H groups in total. The maximum Gasteiger partial charge on any atom is 0.222 e. The van der Waals surface area contributed by atoms with Gasteiger partial charge < -0.3 is 9.15 Å². The van der Waals surface area contributed by atoms with Gasteiger partial charge in [0.05, 0.1) is 12.0 Å². The first-order chi connectivity index (χ1) is 12.8. The zero-order chi connectivity index (χ0) is 17.5. The van der Waals surface area contributed by atoms with Crippen LogP contribution in [0, 0.1) is 5.82 Å². The quantitative estimate of drug-likeness (QED) is 0.683. The first-order valence-electron chi connectivity index (χ1n) is 9.05. The Kier molecular flexibility index (Phi) is 3.82. The summed E-state index contributed by atoms with van der Waals surface area (Å²) in [5.41, 5.74) is 1.87. The molecule has 4 atom stereocenters. The Bertz CT molecular complexity index is 911. The molecule has 4 nitrogen and oxygen atoms in total. The lowest BCUT2D eigenvalue weighted by Crippen LogP contribution is -2.06. The van der Waals surface area contributed by atoms with Gasteiger partial charge in [0.2, 0.25) is 11.8 Å². The number of rotatable bonds is 4. The first-order valence-corrected chi connectivity index (χ1v) is 9.05. The van der Waals surface area contributed by atoms with Crippen LogP contribution in [0.4, 0.5) is 4.39 Å². The molecule has 5 heteroatoms. The molecule has 26 heavy (non-hydrogen) atoms. The van der Waals surface area contributed by atoms with E-state index in [0.717, 1.165) is 24.0 Å². The van der Waals surface area contributed by atoms with E-state index in [1.807, 2.05) is 30.3 Å². The van der Waals surface area contributed by atoms with Gasteiger partial charge in [0, 0.05) is 12.5 Å². The fourth-order valence-corrected chi connectivity index (χ4v) is 3.95. The van der Waals surface area contributed by atoms with Crippen LogP contribution in [0.25, 0.3) is 0 Å². The Hall–Kier alpha value is -2.53. The first kappa shape index (κ1) is 15.7. The molecule has 0 radical (unpaired) electrons. The third kappa shape index (κ3) is 2.72. The highest BCUT2D eigenvalue weighted by molar-refractivity contribution is 5.32. The molecule has 3 aromatic rings. The lowest BCUT2D eigenvalue weighted by molar-refractivity contribution is 0.0997. The summed E-state index contributed by atoms with van der Waals surface area (Å²) < 4.78 is 25.9. The van der Waals surface area contributed by atoms with Gasteiger partial charge in [-0.1, -0.05) is 48.5 Å². The minimum absolute atomic E-state index is 0.0499. The van der Waals surface area contributed by atoms with Crippen molar-refractivity contribution in [3.8, 4) is 0 Å². The van der Waals surface area contributed by atoms with Crippen molar-refractivity contribution in [2.24, 2.45) is 0 Å². The summed E-state index contributed by atoms with van der Waals surface area (Å²) in [5.74, 6) is 1.41. The Labute approximate surface area is 151 Å². The average Bonchev–Trinajstić information content (AvgIpc) is 3.08. The number of nitrogens with zero attached hydrogens (tertiary/aromatic N) is 2. The zero-order valence-corrected chi connectivity index (χ0v) is 14.2. The highest BCUT2D eigenvalue weighted by Gasteiger charge is 2.45. The summed E-state index contributed by atoms with van der Waals surface area (Å²) in [6.45, 7) is 0.684. The number of hydrogen-bond donors (Lipinski definition) is 0. The highest BCUT2D eigenvalue weighted by atomic mass is 19.1. The fourth-order valence-electron chi connectivity index (χ4n) is 3.95. The molecular weight excluding hydrogens is 331 g/mol. The monoisotopic (exact) mass is 350 g/mol. The molecule has 1 saturated carbocycles. The Morgan fingerprint density at radius 1 is 0.846 bits per heavy atom. The Morgan fingerprint density at radius 3 is 2.38 bits per heavy atom. The number of benzene rings is 2. The third-order valence-corrected chi connectivity index (χ3v) is 5.41. The van der Waals surface area contributed by atoms with E-state index in [2.05, 4.69) is 22.3 Å². The summed E-state index contributed by atoms with van der Waals surface area (Å²) in [6, 6.07) is 17.1. The van der Waals surface area contributed by atoms with E-state index >= 15 is 0 Å². The van der Waals surface area contributed by atoms with E-state index < -0.39 is 0 Å². The van der Waals surface area contributed by atoms with Gasteiger partial charge >= 0.3 is 0 Å². The van der Waals surface area contributed by atoms with Crippen LogP contribution in [-0.4, -0.2) is 16.8 Å². The minimum atomic E-state index is -0.159. The van der Waals surface area contributed by atoms with Crippen LogP contribution in [0.15, 0.2) is 59.0 Å². The molecule has 2 aromatic carbocycles. The summed E-state index contributed by atoms with van der Waals surface area (Å²) in [5, 5.41) is 8.56. The zero-order valence-electron chi connectivity index (χ0n) is 14.2. The Balaban J connectivity index is 1.36. The van der Waals surface area contributed by atoms with Crippen molar-refractivity contribution >= 4 is 0 Å². The lowest BCUT2D eigenvalue weighted by atomic mass is 9.95. The smallest absolute Gasteiger partial charge is 0.222 e. The second kappa shape index (κ2) is 6.32. The summed E-state index contributed by atoms with van der Waals surface area (Å²) in [4.78, 5) is 0. The topological polar surface area (TPSA) is 48.2 Å². The van der Waals surface area contributed by atoms with Crippen LogP contribution < -0.4 is 0 Å². The van der Waals surface area contributed by atoms with Gasteiger partial charge in [-0.3, -0.25) is 0 Å². The van der Waals surface area contributed by atoms with Crippen LogP contribution in [-0.2, 0) is 4.74 Å². The van der Waals surface area contributed by atoms with E-state index in [1.54, 1.807) is 6.07 Å². The maximum atomic E-state index is 14.0. The predicted molar refractivity (Wildman–Crippen MR) is 93.3 cm³/mol. The third-order valence-electron chi connectivity index (χ3n) is 5.41. The van der Waals surface area contributed by atoms with Gasteiger partial charge in [-0.25, -0.2) is 4.39 Å². The van der Waals surface area contributed by atoms with Gasteiger partial charge in [-0.2, -0.15) is 0 Å². The molecule has 0 bridgehead atoms. The van der Waals surface area contributed by atoms with E-state index in [-0.39, 0.29) is 29.7 Å². The average molecular weight is 350 g/mol. The molecule has 2 fully saturated rings. The highest BCUT2D eigenvalue weighted by Crippen LogP contribution is 2.55. The lowest BCUT2D eigenvalue weighted by Gasteiger charge is -2.15. The van der Waals surface area contributed by atoms with Gasteiger partial charge in [-0.15, -0.1) is 10.2 Å². The van der Waals surface area contributed by atoms with Crippen molar-refractivity contribution < 1.29 is 13.5 Å². The van der Waals surface area contributed by atoms with Crippen LogP contribution in [0.1, 0.15) is 59.6 Å². The van der Waals surface area contributed by atoms with Crippen molar-refractivity contribution in [2.45, 2.75) is 36.7 Å². The van der Waals surface area contributed by atoms with Crippen LogP contribution in [0.5, 0.6) is 0 Å². The minimum Gasteiger partial charge on any atom is -0.425 e. The maximum absolute atomic E-state index is 14.0. The number of aromatic nitrogens is 2. The largest absolute Gasteiger partial charge is 0.425 e. The molecule has 1 saturated heterocycles. The van der Waals surface area contributed by atoms with Crippen molar-refractivity contribution in [1.82, 2.24) is 10.2 Å². The molecule has 0 amide bonds. The van der Waals surface area contributed by atoms with Crippen molar-refractivity contribution in [1.29, 1.82) is 0 Å². The fraction of sp³-hybridized carbons (Fsp3) is 0.333. The Morgan fingerprint density at radius 2 is 1.58 bits per heavy atom. The van der Waals surface area contributed by atoms with Gasteiger partial charge in [0.25, 0.3) is 0 Å². The summed E-state index contributed by atoms with van der Waals surface area (Å²) in [6.07, 6.45) is 1.67. The SMILES string of the molecule is Fc1ccccc1[C@@H]1C[C@H]1c1nnc([C@H]2CCO[C@@H]2c2ccccc2)o1. The van der Waals surface area contributed by atoms with E-state index in [4.69, 9.17) is 9.15 Å².